The van der Waals surface area contributed by atoms with Crippen molar-refractivity contribution in [3.63, 3.8) is 0 Å². The molecule has 6 heteroatoms. The molecule has 0 amide bonds. The molecule has 0 radical (unpaired) electrons. The number of aliphatic hydroxyl groups excluding tert-OH is 2. The molecule has 0 aliphatic rings. The van der Waals surface area contributed by atoms with E-state index in [4.69, 9.17) is 15.3 Å². The van der Waals surface area contributed by atoms with Gasteiger partial charge in [-0.1, -0.05) is 0 Å². The third-order valence-corrected chi connectivity index (χ3v) is 2.10. The first-order valence-corrected chi connectivity index (χ1v) is 4.79. The van der Waals surface area contributed by atoms with Crippen LogP contribution in [0.2, 0.25) is 0 Å². The lowest BCUT2D eigenvalue weighted by atomic mass is 10.2. The molecule has 5 nitrogen and oxygen atoms in total. The van der Waals surface area contributed by atoms with Crippen LogP contribution in [0.3, 0.4) is 0 Å². The van der Waals surface area contributed by atoms with Crippen molar-refractivity contribution < 1.29 is 24.9 Å². The van der Waals surface area contributed by atoms with Gasteiger partial charge in [0, 0.05) is 0 Å². The highest BCUT2D eigenvalue weighted by Crippen LogP contribution is 2.11. The fraction of sp³-hybridized carbons (Fsp3) is 0.200. The number of hydrogen-bond donors (Lipinski definition) is 3. The quantitative estimate of drug-likeness (QED) is 0.519. The molecular weight excluding hydrogens is 232 g/mol. The Kier molecular flexibility index (Phi) is 4.36. The van der Waals surface area contributed by atoms with Crippen molar-refractivity contribution in [2.45, 2.75) is 6.10 Å². The normalized spacial score (nSPS) is 11.9. The SMILES string of the molecule is O=C(OC(=S)C(O)CO)c1ccc(O)cc1. The second-order valence-corrected chi connectivity index (χ2v) is 3.36. The van der Waals surface area contributed by atoms with Crippen molar-refractivity contribution >= 4 is 23.2 Å². The van der Waals surface area contributed by atoms with Crippen LogP contribution in [0.5, 0.6) is 5.75 Å². The smallest absolute Gasteiger partial charge is 0.344 e. The highest BCUT2D eigenvalue weighted by molar-refractivity contribution is 7.80. The van der Waals surface area contributed by atoms with Gasteiger partial charge >= 0.3 is 5.97 Å². The van der Waals surface area contributed by atoms with Crippen LogP contribution in [-0.4, -0.2) is 39.1 Å². The molecule has 3 N–H and O–H groups in total. The lowest BCUT2D eigenvalue weighted by Gasteiger charge is -2.09. The van der Waals surface area contributed by atoms with Gasteiger partial charge in [-0.2, -0.15) is 0 Å². The lowest BCUT2D eigenvalue weighted by molar-refractivity contribution is 0.0660. The Morgan fingerprint density at radius 1 is 1.38 bits per heavy atom. The van der Waals surface area contributed by atoms with Gasteiger partial charge in [-0.3, -0.25) is 0 Å². The third kappa shape index (κ3) is 3.27. The molecule has 0 aliphatic carbocycles. The number of ether oxygens (including phenoxy) is 1. The van der Waals surface area contributed by atoms with Crippen molar-refractivity contribution in [3.8, 4) is 5.75 Å². The van der Waals surface area contributed by atoms with E-state index in [0.717, 1.165) is 0 Å². The number of hydrogen-bond acceptors (Lipinski definition) is 6. The van der Waals surface area contributed by atoms with Crippen LogP contribution in [-0.2, 0) is 4.74 Å². The maximum Gasteiger partial charge on any atom is 0.344 e. The average molecular weight is 242 g/mol. The van der Waals surface area contributed by atoms with Crippen molar-refractivity contribution in [3.05, 3.63) is 29.8 Å². The molecule has 0 fully saturated rings. The van der Waals surface area contributed by atoms with E-state index in [1.54, 1.807) is 0 Å². The summed E-state index contributed by atoms with van der Waals surface area (Å²) in [5.41, 5.74) is 0.185. The second kappa shape index (κ2) is 5.55. The highest BCUT2D eigenvalue weighted by Gasteiger charge is 2.16. The first kappa shape index (κ1) is 12.6. The average Bonchev–Trinajstić information content (AvgIpc) is 2.28. The maximum absolute atomic E-state index is 11.4. The Labute approximate surface area is 96.9 Å². The summed E-state index contributed by atoms with van der Waals surface area (Å²) in [5, 5.41) is 26.2. The van der Waals surface area contributed by atoms with Crippen LogP contribution in [0.25, 0.3) is 0 Å². The van der Waals surface area contributed by atoms with Gasteiger partial charge in [0.05, 0.1) is 12.2 Å². The third-order valence-electron chi connectivity index (χ3n) is 1.74. The summed E-state index contributed by atoms with van der Waals surface area (Å²) in [4.78, 5) is 11.4. The van der Waals surface area contributed by atoms with Crippen LogP contribution in [0.15, 0.2) is 24.3 Å². The zero-order valence-corrected chi connectivity index (χ0v) is 8.98. The molecule has 0 saturated carbocycles. The van der Waals surface area contributed by atoms with Crippen molar-refractivity contribution in [1.82, 2.24) is 0 Å². The van der Waals surface area contributed by atoms with Crippen LogP contribution >= 0.6 is 12.2 Å². The number of phenols is 1. The molecule has 0 aliphatic heterocycles. The minimum absolute atomic E-state index is 0.0227. The number of benzene rings is 1. The zero-order valence-electron chi connectivity index (χ0n) is 8.16. The molecule has 0 spiro atoms. The Bertz CT molecular complexity index is 387. The van der Waals surface area contributed by atoms with Crippen LogP contribution in [0.4, 0.5) is 0 Å². The molecule has 0 heterocycles. The van der Waals surface area contributed by atoms with Gasteiger partial charge in [0.2, 0.25) is 5.05 Å². The number of aromatic hydroxyl groups is 1. The lowest BCUT2D eigenvalue weighted by Crippen LogP contribution is -2.27. The largest absolute Gasteiger partial charge is 0.508 e. The fourth-order valence-corrected chi connectivity index (χ4v) is 1.04. The molecule has 1 aromatic rings. The van der Waals surface area contributed by atoms with Crippen LogP contribution < -0.4 is 0 Å². The summed E-state index contributed by atoms with van der Waals surface area (Å²) in [7, 11) is 0. The second-order valence-electron chi connectivity index (χ2n) is 2.95. The molecule has 1 unspecified atom stereocenters. The van der Waals surface area contributed by atoms with E-state index in [0.29, 0.717) is 0 Å². The molecule has 1 atom stereocenters. The van der Waals surface area contributed by atoms with Gasteiger partial charge in [0.25, 0.3) is 0 Å². The molecule has 86 valence electrons. The van der Waals surface area contributed by atoms with Crippen LogP contribution in [0, 0.1) is 0 Å². The summed E-state index contributed by atoms with van der Waals surface area (Å²) < 4.78 is 4.63. The predicted octanol–water partition coefficient (Wildman–Crippen LogP) is 0.230. The first-order chi connectivity index (χ1) is 7.54. The summed E-state index contributed by atoms with van der Waals surface area (Å²) in [6.07, 6.45) is -1.36. The number of thiocarbonyl (C=S) groups is 1. The van der Waals surface area contributed by atoms with E-state index in [1.165, 1.54) is 24.3 Å². The molecule has 16 heavy (non-hydrogen) atoms. The number of esters is 1. The molecule has 0 bridgehead atoms. The van der Waals surface area contributed by atoms with Crippen molar-refractivity contribution in [2.75, 3.05) is 6.61 Å². The van der Waals surface area contributed by atoms with E-state index in [2.05, 4.69) is 17.0 Å². The van der Waals surface area contributed by atoms with Crippen molar-refractivity contribution in [2.24, 2.45) is 0 Å². The fourth-order valence-electron chi connectivity index (χ4n) is 0.890. The van der Waals surface area contributed by atoms with Crippen LogP contribution in [0.1, 0.15) is 10.4 Å². The number of carbonyl (C=O) groups excluding carboxylic acids is 1. The van der Waals surface area contributed by atoms with Crippen molar-refractivity contribution in [1.29, 1.82) is 0 Å². The summed E-state index contributed by atoms with van der Waals surface area (Å²) in [5.74, 6) is -0.730. The number of carbonyl (C=O) groups is 1. The Balaban J connectivity index is 2.66. The van der Waals surface area contributed by atoms with Gasteiger partial charge in [-0.05, 0) is 36.5 Å². The molecule has 0 saturated heterocycles. The minimum Gasteiger partial charge on any atom is -0.508 e. The number of phenolic OH excluding ortho intramolecular Hbond substituents is 1. The predicted molar refractivity (Wildman–Crippen MR) is 59.2 cm³/mol. The first-order valence-electron chi connectivity index (χ1n) is 4.38. The summed E-state index contributed by atoms with van der Waals surface area (Å²) >= 11 is 4.58. The van der Waals surface area contributed by atoms with E-state index >= 15 is 0 Å². The van der Waals surface area contributed by atoms with E-state index in [9.17, 15) is 4.79 Å². The minimum atomic E-state index is -1.36. The number of rotatable bonds is 3. The van der Waals surface area contributed by atoms with E-state index in [-0.39, 0.29) is 16.4 Å². The summed E-state index contributed by atoms with van der Waals surface area (Å²) in [6.45, 7) is -0.609. The number of aliphatic hydroxyl groups is 2. The monoisotopic (exact) mass is 242 g/mol. The molecule has 1 aromatic carbocycles. The maximum atomic E-state index is 11.4. The highest BCUT2D eigenvalue weighted by atomic mass is 32.1. The molecule has 0 aromatic heterocycles. The summed E-state index contributed by atoms with van der Waals surface area (Å²) in [6, 6.07) is 5.35. The Morgan fingerprint density at radius 3 is 2.44 bits per heavy atom. The van der Waals surface area contributed by atoms with Gasteiger partial charge in [0.1, 0.15) is 11.9 Å². The van der Waals surface area contributed by atoms with E-state index < -0.39 is 18.7 Å². The standard InChI is InChI=1S/C10H10O5S/c11-5-8(13)10(16)15-9(14)6-1-3-7(12)4-2-6/h1-4,8,11-13H,5H2. The van der Waals surface area contributed by atoms with Gasteiger partial charge in [-0.15, -0.1) is 0 Å². The van der Waals surface area contributed by atoms with Gasteiger partial charge in [0.15, 0.2) is 0 Å². The van der Waals surface area contributed by atoms with Gasteiger partial charge < -0.3 is 20.1 Å². The molecular formula is C10H10O5S. The van der Waals surface area contributed by atoms with E-state index in [1.807, 2.05) is 0 Å². The Morgan fingerprint density at radius 2 is 1.94 bits per heavy atom. The van der Waals surface area contributed by atoms with Gasteiger partial charge in [-0.25, -0.2) is 4.79 Å². The topological polar surface area (TPSA) is 87.0 Å². The molecule has 1 rings (SSSR count). The zero-order chi connectivity index (χ0) is 12.1. The Hall–Kier alpha value is -1.50.